The van der Waals surface area contributed by atoms with Crippen molar-refractivity contribution in [3.8, 4) is 0 Å². The first-order valence-corrected chi connectivity index (χ1v) is 11.1. The van der Waals surface area contributed by atoms with E-state index in [2.05, 4.69) is 11.0 Å². The number of likely N-dealkylation sites (tertiary alicyclic amines) is 1. The molecule has 1 aromatic heterocycles. The molecule has 0 atom stereocenters. The monoisotopic (exact) mass is 437 g/mol. The molecule has 3 heterocycles. The first-order chi connectivity index (χ1) is 15.4. The number of fused-ring (bicyclic) bond motifs is 1. The fourth-order valence-electron chi connectivity index (χ4n) is 4.41. The third-order valence-corrected chi connectivity index (χ3v) is 6.41. The number of piperidine rings is 1. The van der Waals surface area contributed by atoms with Crippen molar-refractivity contribution < 1.29 is 18.8 Å². The molecule has 2 aromatic rings. The van der Waals surface area contributed by atoms with E-state index in [1.807, 2.05) is 10.6 Å². The van der Waals surface area contributed by atoms with Crippen molar-refractivity contribution in [1.29, 1.82) is 0 Å². The zero-order valence-electron chi connectivity index (χ0n) is 18.3. The van der Waals surface area contributed by atoms with Gasteiger partial charge < -0.3 is 9.47 Å². The van der Waals surface area contributed by atoms with Crippen LogP contribution in [0.2, 0.25) is 0 Å². The van der Waals surface area contributed by atoms with Crippen LogP contribution in [0.1, 0.15) is 50.5 Å². The number of Topliss-reactive ketones (excluding diaryl/α,β-unsaturated/α-hetero) is 2. The molecular weight excluding hydrogens is 409 g/mol. The average molecular weight is 438 g/mol. The molecule has 0 N–H and O–H groups in total. The summed E-state index contributed by atoms with van der Waals surface area (Å²) in [6.45, 7) is 3.41. The number of aromatic nitrogens is 1. The molecule has 1 amide bonds. The van der Waals surface area contributed by atoms with Gasteiger partial charge in [-0.1, -0.05) is 12.2 Å². The van der Waals surface area contributed by atoms with Crippen molar-refractivity contribution in [2.75, 3.05) is 33.2 Å². The minimum Gasteiger partial charge on any atom is -0.340 e. The number of allylic oxidation sites excluding steroid dienone is 1. The fraction of sp³-hybridized carbons (Fsp3) is 0.400. The van der Waals surface area contributed by atoms with Crippen molar-refractivity contribution in [2.24, 2.45) is 5.92 Å². The number of ketones is 2. The van der Waals surface area contributed by atoms with E-state index in [1.165, 1.54) is 12.1 Å². The quantitative estimate of drug-likeness (QED) is 0.513. The number of carbonyl (C=O) groups is 3. The maximum Gasteiger partial charge on any atom is 0.270 e. The van der Waals surface area contributed by atoms with Crippen molar-refractivity contribution in [1.82, 2.24) is 14.4 Å². The largest absolute Gasteiger partial charge is 0.340 e. The van der Waals surface area contributed by atoms with E-state index in [9.17, 15) is 18.8 Å². The Morgan fingerprint density at radius 1 is 1.03 bits per heavy atom. The van der Waals surface area contributed by atoms with Crippen molar-refractivity contribution >= 4 is 17.5 Å². The van der Waals surface area contributed by atoms with E-state index >= 15 is 0 Å². The molecule has 1 fully saturated rings. The van der Waals surface area contributed by atoms with Gasteiger partial charge in [0, 0.05) is 56.3 Å². The number of nitrogens with zero attached hydrogens (tertiary/aromatic N) is 3. The Hall–Kier alpha value is -3.06. The van der Waals surface area contributed by atoms with E-state index in [0.29, 0.717) is 36.3 Å². The summed E-state index contributed by atoms with van der Waals surface area (Å²) in [5, 5.41) is 0. The Balaban J connectivity index is 1.28. The molecule has 0 aliphatic carbocycles. The van der Waals surface area contributed by atoms with Gasteiger partial charge >= 0.3 is 0 Å². The van der Waals surface area contributed by atoms with Crippen LogP contribution >= 0.6 is 0 Å². The molecule has 1 aromatic carbocycles. The van der Waals surface area contributed by atoms with Gasteiger partial charge in [-0.05, 0) is 56.3 Å². The molecule has 0 unspecified atom stereocenters. The predicted molar refractivity (Wildman–Crippen MR) is 119 cm³/mol. The molecule has 32 heavy (non-hydrogen) atoms. The lowest BCUT2D eigenvalue weighted by molar-refractivity contribution is 0.0787. The predicted octanol–water partition coefficient (Wildman–Crippen LogP) is 3.44. The Kier molecular flexibility index (Phi) is 6.65. The number of rotatable bonds is 6. The highest BCUT2D eigenvalue weighted by Gasteiger charge is 2.28. The van der Waals surface area contributed by atoms with Crippen LogP contribution in [0.3, 0.4) is 0 Å². The number of halogens is 1. The summed E-state index contributed by atoms with van der Waals surface area (Å²) in [5.41, 5.74) is 1.56. The number of hydrogen-bond acceptors (Lipinski definition) is 4. The van der Waals surface area contributed by atoms with Crippen LogP contribution in [-0.4, -0.2) is 65.1 Å². The van der Waals surface area contributed by atoms with Crippen molar-refractivity contribution in [2.45, 2.75) is 25.8 Å². The molecule has 7 heteroatoms. The molecule has 0 radical (unpaired) electrons. The summed E-state index contributed by atoms with van der Waals surface area (Å²) in [4.78, 5) is 41.4. The minimum absolute atomic E-state index is 0.0125. The van der Waals surface area contributed by atoms with E-state index in [1.54, 1.807) is 36.3 Å². The smallest absolute Gasteiger partial charge is 0.270 e. The lowest BCUT2D eigenvalue weighted by Crippen LogP contribution is -2.36. The molecule has 6 nitrogen and oxygen atoms in total. The Labute approximate surface area is 187 Å². The van der Waals surface area contributed by atoms with Gasteiger partial charge in [-0.3, -0.25) is 19.3 Å². The second kappa shape index (κ2) is 9.61. The first-order valence-electron chi connectivity index (χ1n) is 11.1. The lowest BCUT2D eigenvalue weighted by atomic mass is 9.89. The lowest BCUT2D eigenvalue weighted by Gasteiger charge is -2.30. The first kappa shape index (κ1) is 22.1. The highest BCUT2D eigenvalue weighted by molar-refractivity contribution is 6.08. The average Bonchev–Trinajstić information content (AvgIpc) is 3.19. The number of amides is 1. The summed E-state index contributed by atoms with van der Waals surface area (Å²) in [5.74, 6) is -0.355. The molecule has 1 saturated heterocycles. The van der Waals surface area contributed by atoms with Crippen LogP contribution < -0.4 is 0 Å². The molecule has 0 saturated carbocycles. The maximum absolute atomic E-state index is 13.1. The van der Waals surface area contributed by atoms with Crippen LogP contribution in [0.5, 0.6) is 0 Å². The molecule has 168 valence electrons. The molecule has 2 aliphatic heterocycles. The van der Waals surface area contributed by atoms with Gasteiger partial charge in [0.1, 0.15) is 11.5 Å². The third-order valence-electron chi connectivity index (χ3n) is 6.41. The minimum atomic E-state index is -0.331. The van der Waals surface area contributed by atoms with Crippen LogP contribution in [0.4, 0.5) is 4.39 Å². The van der Waals surface area contributed by atoms with Gasteiger partial charge in [0.2, 0.25) is 0 Å². The Morgan fingerprint density at radius 2 is 1.72 bits per heavy atom. The highest BCUT2D eigenvalue weighted by atomic mass is 19.1. The molecule has 4 rings (SSSR count). The van der Waals surface area contributed by atoms with Crippen LogP contribution in [0.25, 0.3) is 0 Å². The highest BCUT2D eigenvalue weighted by Crippen LogP contribution is 2.22. The third kappa shape index (κ3) is 4.72. The summed E-state index contributed by atoms with van der Waals surface area (Å²) < 4.78 is 14.9. The number of hydrogen-bond donors (Lipinski definition) is 0. The summed E-state index contributed by atoms with van der Waals surface area (Å²) >= 11 is 0. The van der Waals surface area contributed by atoms with Gasteiger partial charge in [0.25, 0.3) is 5.91 Å². The van der Waals surface area contributed by atoms with Gasteiger partial charge in [0.05, 0.1) is 0 Å². The summed E-state index contributed by atoms with van der Waals surface area (Å²) in [6, 6.07) is 7.53. The van der Waals surface area contributed by atoms with Crippen LogP contribution in [-0.2, 0) is 6.54 Å². The fourth-order valence-corrected chi connectivity index (χ4v) is 4.41. The maximum atomic E-state index is 13.1. The van der Waals surface area contributed by atoms with E-state index < -0.39 is 0 Å². The van der Waals surface area contributed by atoms with Gasteiger partial charge in [-0.2, -0.15) is 0 Å². The zero-order chi connectivity index (χ0) is 22.7. The molecule has 2 aliphatic rings. The molecule has 0 spiro atoms. The molecule has 0 bridgehead atoms. The van der Waals surface area contributed by atoms with Gasteiger partial charge in [-0.25, -0.2) is 4.39 Å². The van der Waals surface area contributed by atoms with E-state index in [0.717, 1.165) is 32.5 Å². The van der Waals surface area contributed by atoms with Gasteiger partial charge in [0.15, 0.2) is 11.6 Å². The standard InChI is InChI=1S/C25H28FN3O3/c1-27-14-11-22(30)21-10-17-29(23(21)25(27)32)13-3-2-12-28-15-8-19(9-16-28)24(31)18-4-6-20(26)7-5-18/h2-7,10,17,19H,8-9,11-16H2,1H3. The van der Waals surface area contributed by atoms with Crippen LogP contribution in [0, 0.1) is 11.7 Å². The number of carbonyl (C=O) groups excluding carboxylic acids is 3. The Bertz CT molecular complexity index is 1030. The summed E-state index contributed by atoms with van der Waals surface area (Å²) in [7, 11) is 1.72. The number of benzene rings is 1. The summed E-state index contributed by atoms with van der Waals surface area (Å²) in [6.07, 6.45) is 7.82. The SMILES string of the molecule is CN1CCC(=O)c2ccn(CC=CCN3CCC(C(=O)c4ccc(F)cc4)CC3)c2C1=O. The normalized spacial score (nSPS) is 18.2. The zero-order valence-corrected chi connectivity index (χ0v) is 18.3. The van der Waals surface area contributed by atoms with E-state index in [-0.39, 0.29) is 29.2 Å². The topological polar surface area (TPSA) is 62.6 Å². The molecular formula is C25H28FN3O3. The van der Waals surface area contributed by atoms with Crippen molar-refractivity contribution in [3.63, 3.8) is 0 Å². The van der Waals surface area contributed by atoms with Crippen molar-refractivity contribution in [3.05, 3.63) is 71.3 Å². The van der Waals surface area contributed by atoms with Gasteiger partial charge in [-0.15, -0.1) is 0 Å². The van der Waals surface area contributed by atoms with E-state index in [4.69, 9.17) is 0 Å². The Morgan fingerprint density at radius 3 is 2.44 bits per heavy atom. The second-order valence-corrected chi connectivity index (χ2v) is 8.55. The second-order valence-electron chi connectivity index (χ2n) is 8.55. The van der Waals surface area contributed by atoms with Crippen LogP contribution in [0.15, 0.2) is 48.7 Å².